The fourth-order valence-electron chi connectivity index (χ4n) is 1.70. The van der Waals surface area contributed by atoms with Gasteiger partial charge in [0.1, 0.15) is 0 Å². The van der Waals surface area contributed by atoms with Crippen LogP contribution >= 0.6 is 24.0 Å². The summed E-state index contributed by atoms with van der Waals surface area (Å²) in [4.78, 5) is 4.37. The van der Waals surface area contributed by atoms with Crippen LogP contribution in [0, 0.1) is 0 Å². The molecule has 0 atom stereocenters. The quantitative estimate of drug-likeness (QED) is 0.203. The molecule has 8 heteroatoms. The number of rotatable bonds is 12. The molecule has 0 aliphatic heterocycles. The number of unbranched alkanes of at least 4 members (excludes halogenated alkanes) is 2. The first-order valence-corrected chi connectivity index (χ1v) is 8.16. The predicted molar refractivity (Wildman–Crippen MR) is 99.6 cm³/mol. The zero-order valence-electron chi connectivity index (χ0n) is 14.2. The van der Waals surface area contributed by atoms with Crippen LogP contribution in [-0.2, 0) is 4.74 Å². The highest BCUT2D eigenvalue weighted by Crippen LogP contribution is 2.21. The van der Waals surface area contributed by atoms with Crippen molar-refractivity contribution in [1.29, 1.82) is 0 Å². The second-order valence-electron chi connectivity index (χ2n) is 5.08. The van der Waals surface area contributed by atoms with E-state index in [-0.39, 0.29) is 30.4 Å². The van der Waals surface area contributed by atoms with Gasteiger partial charge in [-0.3, -0.25) is 4.99 Å². The van der Waals surface area contributed by atoms with Crippen molar-refractivity contribution in [2.45, 2.75) is 58.5 Å². The minimum Gasteiger partial charge on any atom is -0.381 e. The molecule has 0 aliphatic rings. The second-order valence-corrected chi connectivity index (χ2v) is 5.08. The van der Waals surface area contributed by atoms with Crippen LogP contribution in [0.1, 0.15) is 52.4 Å². The normalized spacial score (nSPS) is 12.0. The molecule has 0 unspecified atom stereocenters. The van der Waals surface area contributed by atoms with Crippen molar-refractivity contribution in [2.24, 2.45) is 4.99 Å². The van der Waals surface area contributed by atoms with E-state index in [0.717, 1.165) is 32.4 Å². The SMILES string of the molecule is CCCCOCCCN=C(NCC)NCCCCC(F)(F)F.I. The Hall–Kier alpha value is -0.250. The van der Waals surface area contributed by atoms with Gasteiger partial charge in [-0.15, -0.1) is 24.0 Å². The zero-order chi connectivity index (χ0) is 16.7. The number of aliphatic imine (C=N–C) groups is 1. The molecule has 0 radical (unpaired) electrons. The van der Waals surface area contributed by atoms with E-state index in [2.05, 4.69) is 22.5 Å². The summed E-state index contributed by atoms with van der Waals surface area (Å²) in [5.41, 5.74) is 0. The van der Waals surface area contributed by atoms with Crippen LogP contribution in [0.3, 0.4) is 0 Å². The smallest absolute Gasteiger partial charge is 0.381 e. The monoisotopic (exact) mass is 453 g/mol. The number of guanidine groups is 1. The maximum atomic E-state index is 12.0. The third-order valence-corrected chi connectivity index (χ3v) is 2.88. The molecule has 0 spiro atoms. The van der Waals surface area contributed by atoms with E-state index >= 15 is 0 Å². The third-order valence-electron chi connectivity index (χ3n) is 2.88. The average Bonchev–Trinajstić information content (AvgIpc) is 2.44. The van der Waals surface area contributed by atoms with Crippen molar-refractivity contribution in [2.75, 3.05) is 32.8 Å². The Balaban J connectivity index is 0. The van der Waals surface area contributed by atoms with Crippen molar-refractivity contribution in [1.82, 2.24) is 10.6 Å². The van der Waals surface area contributed by atoms with Gasteiger partial charge in [0, 0.05) is 39.3 Å². The molecular formula is C15H31F3IN3O. The molecule has 4 nitrogen and oxygen atoms in total. The van der Waals surface area contributed by atoms with E-state index in [1.807, 2.05) is 6.92 Å². The first kappa shape index (κ1) is 25.0. The Kier molecular flexibility index (Phi) is 18.0. The molecular weight excluding hydrogens is 422 g/mol. The van der Waals surface area contributed by atoms with Gasteiger partial charge in [0.15, 0.2) is 5.96 Å². The number of alkyl halides is 3. The Morgan fingerprint density at radius 2 is 1.70 bits per heavy atom. The van der Waals surface area contributed by atoms with E-state index in [1.165, 1.54) is 0 Å². The molecule has 0 saturated carbocycles. The highest BCUT2D eigenvalue weighted by molar-refractivity contribution is 14.0. The standard InChI is InChI=1S/C15H30F3N3O.HI/c1-3-5-12-22-13-8-11-21-14(19-4-2)20-10-7-6-9-15(16,17)18;/h3-13H2,1-2H3,(H2,19,20,21);1H. The largest absolute Gasteiger partial charge is 0.389 e. The molecule has 0 amide bonds. The summed E-state index contributed by atoms with van der Waals surface area (Å²) in [6, 6.07) is 0. The summed E-state index contributed by atoms with van der Waals surface area (Å²) >= 11 is 0. The Labute approximate surface area is 155 Å². The molecule has 0 aromatic carbocycles. The van der Waals surface area contributed by atoms with Gasteiger partial charge >= 0.3 is 6.18 Å². The van der Waals surface area contributed by atoms with Crippen LogP contribution in [0.4, 0.5) is 13.2 Å². The van der Waals surface area contributed by atoms with Crippen LogP contribution in [0.15, 0.2) is 4.99 Å². The van der Waals surface area contributed by atoms with Gasteiger partial charge in [-0.05, 0) is 32.6 Å². The van der Waals surface area contributed by atoms with E-state index in [9.17, 15) is 13.2 Å². The van der Waals surface area contributed by atoms with Gasteiger partial charge < -0.3 is 15.4 Å². The number of ether oxygens (including phenoxy) is 1. The highest BCUT2D eigenvalue weighted by Gasteiger charge is 2.25. The van der Waals surface area contributed by atoms with Gasteiger partial charge in [0.05, 0.1) is 0 Å². The lowest BCUT2D eigenvalue weighted by atomic mass is 10.2. The topological polar surface area (TPSA) is 45.6 Å². The molecule has 0 aromatic rings. The van der Waals surface area contributed by atoms with Gasteiger partial charge in [0.2, 0.25) is 0 Å². The Morgan fingerprint density at radius 3 is 2.30 bits per heavy atom. The lowest BCUT2D eigenvalue weighted by molar-refractivity contribution is -0.135. The predicted octanol–water partition coefficient (Wildman–Crippen LogP) is 4.10. The second kappa shape index (κ2) is 16.6. The van der Waals surface area contributed by atoms with Gasteiger partial charge in [0.25, 0.3) is 0 Å². The summed E-state index contributed by atoms with van der Waals surface area (Å²) in [5, 5.41) is 6.13. The van der Waals surface area contributed by atoms with E-state index in [1.54, 1.807) is 0 Å². The van der Waals surface area contributed by atoms with Crippen molar-refractivity contribution in [3.05, 3.63) is 0 Å². The molecule has 140 valence electrons. The fraction of sp³-hybridized carbons (Fsp3) is 0.933. The average molecular weight is 453 g/mol. The number of halogens is 4. The lowest BCUT2D eigenvalue weighted by Gasteiger charge is -2.11. The maximum absolute atomic E-state index is 12.0. The van der Waals surface area contributed by atoms with Gasteiger partial charge in [-0.2, -0.15) is 13.2 Å². The van der Waals surface area contributed by atoms with Crippen LogP contribution in [-0.4, -0.2) is 45.0 Å². The van der Waals surface area contributed by atoms with E-state index < -0.39 is 12.6 Å². The summed E-state index contributed by atoms with van der Waals surface area (Å²) in [6.45, 7) is 7.41. The van der Waals surface area contributed by atoms with Crippen LogP contribution < -0.4 is 10.6 Å². The minimum absolute atomic E-state index is 0. The molecule has 0 rings (SSSR count). The van der Waals surface area contributed by atoms with Gasteiger partial charge in [-0.1, -0.05) is 13.3 Å². The fourth-order valence-corrected chi connectivity index (χ4v) is 1.70. The van der Waals surface area contributed by atoms with Crippen molar-refractivity contribution >= 4 is 29.9 Å². The third kappa shape index (κ3) is 19.7. The number of hydrogen-bond donors (Lipinski definition) is 2. The number of hydrogen-bond acceptors (Lipinski definition) is 2. The number of nitrogens with one attached hydrogen (secondary N) is 2. The molecule has 0 saturated heterocycles. The summed E-state index contributed by atoms with van der Waals surface area (Å²) in [7, 11) is 0. The highest BCUT2D eigenvalue weighted by atomic mass is 127. The molecule has 0 heterocycles. The van der Waals surface area contributed by atoms with Crippen LogP contribution in [0.25, 0.3) is 0 Å². The Bertz CT molecular complexity index is 290. The molecule has 2 N–H and O–H groups in total. The van der Waals surface area contributed by atoms with Crippen molar-refractivity contribution < 1.29 is 17.9 Å². The van der Waals surface area contributed by atoms with Crippen LogP contribution in [0.2, 0.25) is 0 Å². The molecule has 23 heavy (non-hydrogen) atoms. The molecule has 0 aromatic heterocycles. The summed E-state index contributed by atoms with van der Waals surface area (Å²) in [5.74, 6) is 0.656. The molecule has 0 bridgehead atoms. The zero-order valence-corrected chi connectivity index (χ0v) is 16.5. The summed E-state index contributed by atoms with van der Waals surface area (Å²) < 4.78 is 41.5. The van der Waals surface area contributed by atoms with Crippen LogP contribution in [0.5, 0.6) is 0 Å². The van der Waals surface area contributed by atoms with E-state index in [0.29, 0.717) is 32.1 Å². The first-order valence-electron chi connectivity index (χ1n) is 8.16. The molecule has 0 aliphatic carbocycles. The van der Waals surface area contributed by atoms with E-state index in [4.69, 9.17) is 4.74 Å². The van der Waals surface area contributed by atoms with Crippen molar-refractivity contribution in [3.8, 4) is 0 Å². The molecule has 0 fully saturated rings. The Morgan fingerprint density at radius 1 is 1.00 bits per heavy atom. The van der Waals surface area contributed by atoms with Crippen molar-refractivity contribution in [3.63, 3.8) is 0 Å². The minimum atomic E-state index is -4.06. The maximum Gasteiger partial charge on any atom is 0.389 e. The number of nitrogens with zero attached hydrogens (tertiary/aromatic N) is 1. The first-order chi connectivity index (χ1) is 10.5. The van der Waals surface area contributed by atoms with Gasteiger partial charge in [-0.25, -0.2) is 0 Å². The lowest BCUT2D eigenvalue weighted by Crippen LogP contribution is -2.38. The summed E-state index contributed by atoms with van der Waals surface area (Å²) in [6.07, 6.45) is -1.13.